The van der Waals surface area contributed by atoms with Crippen molar-refractivity contribution in [2.75, 3.05) is 70.6 Å². The molecule has 58 heavy (non-hydrogen) atoms. The van der Waals surface area contributed by atoms with Gasteiger partial charge in [-0.3, -0.25) is 9.21 Å². The normalized spacial score (nSPS) is 15.6. The first-order chi connectivity index (χ1) is 27.2. The minimum absolute atomic E-state index is 0.00886. The number of rotatable bonds is 16. The van der Waals surface area contributed by atoms with E-state index in [-0.39, 0.29) is 58.1 Å². The molecule has 1 aliphatic heterocycles. The van der Waals surface area contributed by atoms with Crippen LogP contribution in [0, 0.1) is 11.1 Å². The number of piperazine rings is 1. The molecule has 5 rings (SSSR count). The molecule has 1 unspecified atom stereocenters. The van der Waals surface area contributed by atoms with Crippen LogP contribution < -0.4 is 23.2 Å². The number of hydrogen-bond donors (Lipinski definition) is 1. The molecule has 1 atom stereocenters. The quantitative estimate of drug-likeness (QED) is 0.0797. The van der Waals surface area contributed by atoms with Gasteiger partial charge in [0.15, 0.2) is 23.9 Å². The molecule has 0 spiro atoms. The number of carboxylic acids is 1. The van der Waals surface area contributed by atoms with E-state index in [1.54, 1.807) is 0 Å². The van der Waals surface area contributed by atoms with Crippen LogP contribution in [-0.4, -0.2) is 114 Å². The number of carbonyl (C=O) groups is 2. The lowest BCUT2D eigenvalue weighted by atomic mass is 10.0. The lowest BCUT2D eigenvalue weighted by molar-refractivity contribution is -0.605. The number of likely N-dealkylation sites (N-methyl/N-ethyl adjacent to an activating group) is 1. The van der Waals surface area contributed by atoms with Gasteiger partial charge in [-0.1, -0.05) is 29.3 Å². The highest BCUT2D eigenvalue weighted by Gasteiger charge is 2.38. The first-order valence-electron chi connectivity index (χ1n) is 17.5. The average molecular weight is 888 g/mol. The molecule has 14 nitrogen and oxygen atoms in total. The Morgan fingerprint density at radius 2 is 1.62 bits per heavy atom. The Labute approximate surface area is 341 Å². The van der Waals surface area contributed by atoms with Crippen LogP contribution in [0.5, 0.6) is 17.2 Å². The van der Waals surface area contributed by atoms with Crippen LogP contribution in [0.2, 0.25) is 10.0 Å². The van der Waals surface area contributed by atoms with Crippen molar-refractivity contribution in [2.24, 2.45) is 5.92 Å². The summed E-state index contributed by atoms with van der Waals surface area (Å²) in [5.74, 6) is -3.24. The first kappa shape index (κ1) is 46.3. The number of halogens is 7. The summed E-state index contributed by atoms with van der Waals surface area (Å²) in [7, 11) is -0.390. The first-order valence-corrected chi connectivity index (χ1v) is 20.1. The number of benzene rings is 2. The summed E-state index contributed by atoms with van der Waals surface area (Å²) < 4.78 is 108. The second-order valence-corrected chi connectivity index (χ2v) is 16.1. The van der Waals surface area contributed by atoms with Crippen LogP contribution in [-0.2, 0) is 26.0 Å². The Morgan fingerprint density at radius 1 is 1.02 bits per heavy atom. The Morgan fingerprint density at radius 3 is 2.16 bits per heavy atom. The van der Waals surface area contributed by atoms with E-state index in [1.807, 2.05) is 7.05 Å². The summed E-state index contributed by atoms with van der Waals surface area (Å²) in [4.78, 5) is 27.2. The van der Waals surface area contributed by atoms with Crippen molar-refractivity contribution in [1.82, 2.24) is 9.80 Å². The third-order valence-electron chi connectivity index (χ3n) is 8.96. The van der Waals surface area contributed by atoms with Crippen LogP contribution >= 0.6 is 23.2 Å². The van der Waals surface area contributed by atoms with Crippen molar-refractivity contribution in [1.29, 1.82) is 0 Å². The van der Waals surface area contributed by atoms with E-state index < -0.39 is 40.9 Å². The van der Waals surface area contributed by atoms with Gasteiger partial charge in [-0.2, -0.15) is 26.7 Å². The lowest BCUT2D eigenvalue weighted by Gasteiger charge is -2.34. The van der Waals surface area contributed by atoms with Gasteiger partial charge in [-0.05, 0) is 61.7 Å². The van der Waals surface area contributed by atoms with Crippen LogP contribution in [0.1, 0.15) is 40.4 Å². The molecule has 3 aromatic rings. The molecule has 1 saturated carbocycles. The minimum Gasteiger partial charge on any atom is -0.619 e. The molecular weight excluding hydrogens is 846 g/mol. The molecule has 2 aliphatic rings. The maximum absolute atomic E-state index is 13.9. The molecule has 2 fully saturated rings. The number of alkyl halides is 5. The summed E-state index contributed by atoms with van der Waals surface area (Å²) in [5.41, 5.74) is 0.785. The van der Waals surface area contributed by atoms with Crippen LogP contribution in [0.15, 0.2) is 48.8 Å². The number of sulfonamides is 1. The number of aromatic nitrogens is 1. The zero-order valence-corrected chi connectivity index (χ0v) is 33.7. The van der Waals surface area contributed by atoms with Crippen LogP contribution in [0.4, 0.5) is 27.6 Å². The molecule has 2 heterocycles. The highest BCUT2D eigenvalue weighted by molar-refractivity contribution is 7.92. The van der Waals surface area contributed by atoms with E-state index in [1.165, 1.54) is 47.8 Å². The van der Waals surface area contributed by atoms with Gasteiger partial charge in [0.25, 0.3) is 0 Å². The predicted molar refractivity (Wildman–Crippen MR) is 201 cm³/mol. The summed E-state index contributed by atoms with van der Waals surface area (Å²) in [6.07, 6.45) is -1.15. The number of pyridine rings is 1. The van der Waals surface area contributed by atoms with E-state index in [2.05, 4.69) is 14.5 Å². The van der Waals surface area contributed by atoms with Gasteiger partial charge in [-0.15, -0.1) is 0 Å². The van der Waals surface area contributed by atoms with E-state index in [9.17, 15) is 40.4 Å². The van der Waals surface area contributed by atoms with E-state index in [0.717, 1.165) is 57.7 Å². The summed E-state index contributed by atoms with van der Waals surface area (Å²) in [6.45, 7) is 1.03. The van der Waals surface area contributed by atoms with Crippen LogP contribution in [0.3, 0.4) is 0 Å². The van der Waals surface area contributed by atoms with Crippen molar-refractivity contribution in [3.05, 3.63) is 80.7 Å². The largest absolute Gasteiger partial charge is 0.619 e. The fraction of sp³-hybridized carbons (Fsp3) is 0.472. The zero-order chi connectivity index (χ0) is 42.9. The van der Waals surface area contributed by atoms with Gasteiger partial charge in [0.05, 0.1) is 31.2 Å². The molecule has 0 bridgehead atoms. The Balaban J connectivity index is 0.000000973. The van der Waals surface area contributed by atoms with Gasteiger partial charge in [0, 0.05) is 51.3 Å². The topological polar surface area (TPSA) is 162 Å². The Kier molecular flexibility index (Phi) is 16.0. The highest BCUT2D eigenvalue weighted by Crippen LogP contribution is 2.39. The zero-order valence-electron chi connectivity index (χ0n) is 31.4. The lowest BCUT2D eigenvalue weighted by Crippen LogP contribution is -2.47. The molecular formula is C36H41Cl2F5N4O10S. The molecule has 0 amide bonds. The number of carbonyl (C=O) groups excluding carboxylic acids is 1. The second kappa shape index (κ2) is 20.1. The third kappa shape index (κ3) is 13.6. The monoisotopic (exact) mass is 886 g/mol. The number of nitrogens with zero attached hydrogens (tertiary/aromatic N) is 4. The van der Waals surface area contributed by atoms with E-state index >= 15 is 0 Å². The van der Waals surface area contributed by atoms with Gasteiger partial charge < -0.3 is 34.2 Å². The predicted octanol–water partition coefficient (Wildman–Crippen LogP) is 5.81. The molecule has 22 heteroatoms. The summed E-state index contributed by atoms with van der Waals surface area (Å²) in [5, 5.41) is 19.1. The summed E-state index contributed by atoms with van der Waals surface area (Å²) in [6, 6.07) is 8.49. The third-order valence-corrected chi connectivity index (χ3v) is 10.8. The Hall–Kier alpha value is -4.37. The van der Waals surface area contributed by atoms with E-state index in [4.69, 9.17) is 47.3 Å². The smallest absolute Gasteiger partial charge is 0.490 e. The average Bonchev–Trinajstić information content (AvgIpc) is 3.97. The molecule has 1 saturated heterocycles. The number of anilines is 1. The number of ether oxygens (including phenoxy) is 4. The molecule has 320 valence electrons. The molecule has 2 aromatic carbocycles. The Bertz CT molecular complexity index is 2000. The van der Waals surface area contributed by atoms with Gasteiger partial charge in [0.2, 0.25) is 10.0 Å². The summed E-state index contributed by atoms with van der Waals surface area (Å²) >= 11 is 12.8. The van der Waals surface area contributed by atoms with Crippen molar-refractivity contribution in [3.8, 4) is 17.2 Å². The minimum atomic E-state index is -5.08. The van der Waals surface area contributed by atoms with Crippen LogP contribution in [0.25, 0.3) is 0 Å². The van der Waals surface area contributed by atoms with Gasteiger partial charge in [-0.25, -0.2) is 18.0 Å². The van der Waals surface area contributed by atoms with Crippen molar-refractivity contribution in [3.63, 3.8) is 0 Å². The van der Waals surface area contributed by atoms with Crippen molar-refractivity contribution >= 4 is 50.9 Å². The van der Waals surface area contributed by atoms with Gasteiger partial charge >= 0.3 is 24.7 Å². The van der Waals surface area contributed by atoms with Crippen molar-refractivity contribution in [2.45, 2.75) is 38.2 Å². The standard InChI is InChI=1S/C34H40Cl2F2N4O8S.C2HF3O2/c1-39-10-12-40(13-11-39)14-15-42(51(3,45)46)28-16-24(7-8-29(28)47-2)33(43)49-31(18-25-26(35)19-41(44)20-27(25)36)23-6-9-30(50-34(37)38)32(17-23)48-21-22-4-5-22;3-2(4,5)1(6)7/h6-9,16-17,19-20,22,31,34H,4-5,10-15,18,21H2,1-3H3;(H,6,7). The van der Waals surface area contributed by atoms with Gasteiger partial charge in [0.1, 0.15) is 21.9 Å². The van der Waals surface area contributed by atoms with Crippen molar-refractivity contribution < 1.29 is 68.7 Å². The molecule has 1 N–H and O–H groups in total. The molecule has 1 aliphatic carbocycles. The maximum Gasteiger partial charge on any atom is 0.490 e. The number of aliphatic carboxylic acids is 1. The number of carboxylic acid groups (broad SMARTS) is 1. The number of esters is 1. The van der Waals surface area contributed by atoms with E-state index in [0.29, 0.717) is 28.3 Å². The maximum atomic E-state index is 13.9. The second-order valence-electron chi connectivity index (χ2n) is 13.4. The highest BCUT2D eigenvalue weighted by atomic mass is 35.5. The molecule has 0 radical (unpaired) electrons. The number of methoxy groups -OCH3 is 1. The number of hydrogen-bond acceptors (Lipinski definition) is 11. The SMILES string of the molecule is COc1ccc(C(=O)OC(Cc2c(Cl)c[n+]([O-])cc2Cl)c2ccc(OC(F)F)c(OCC3CC3)c2)cc1N(CCN1CCN(C)CC1)S(C)(=O)=O.O=C(O)C(F)(F)F. The fourth-order valence-corrected chi connectivity index (χ4v) is 7.15. The molecule has 1 aromatic heterocycles. The fourth-order valence-electron chi connectivity index (χ4n) is 5.64.